The molecule has 0 spiro atoms. The number of carbonyl (C=O) groups excluding carboxylic acids is 1. The van der Waals surface area contributed by atoms with Crippen molar-refractivity contribution in [2.24, 2.45) is 5.92 Å². The van der Waals surface area contributed by atoms with Gasteiger partial charge in [-0.05, 0) is 47.7 Å². The van der Waals surface area contributed by atoms with E-state index in [4.69, 9.17) is 14.2 Å². The number of hydrogen-bond acceptors (Lipinski definition) is 7. The van der Waals surface area contributed by atoms with E-state index in [0.717, 1.165) is 65.3 Å². The Balaban J connectivity index is 1.64. The third-order valence-electron chi connectivity index (χ3n) is 6.28. The van der Waals surface area contributed by atoms with E-state index < -0.39 is 0 Å². The second kappa shape index (κ2) is 7.72. The number of esters is 1. The first kappa shape index (κ1) is 19.6. The van der Waals surface area contributed by atoms with Crippen molar-refractivity contribution in [3.05, 3.63) is 41.7 Å². The minimum atomic E-state index is -0.323. The van der Waals surface area contributed by atoms with Crippen LogP contribution in [0.4, 0.5) is 5.95 Å². The molecule has 3 heterocycles. The molecule has 7 nitrogen and oxygen atoms in total. The second-order valence-electron chi connectivity index (χ2n) is 8.23. The molecule has 0 atom stereocenters. The summed E-state index contributed by atoms with van der Waals surface area (Å²) in [5.74, 6) is 2.39. The van der Waals surface area contributed by atoms with Crippen LogP contribution in [0, 0.1) is 5.92 Å². The fourth-order valence-corrected chi connectivity index (χ4v) is 4.47. The monoisotopic (exact) mass is 419 g/mol. The van der Waals surface area contributed by atoms with Gasteiger partial charge in [-0.3, -0.25) is 0 Å². The molecule has 5 rings (SSSR count). The lowest BCUT2D eigenvalue weighted by molar-refractivity contribution is 0.0535. The fraction of sp³-hybridized carbons (Fsp3) is 0.375. The van der Waals surface area contributed by atoms with Crippen LogP contribution >= 0.6 is 0 Å². The number of ether oxygens (including phenoxy) is 3. The lowest BCUT2D eigenvalue weighted by Gasteiger charge is -2.30. The Morgan fingerprint density at radius 3 is 2.35 bits per heavy atom. The number of anilines is 1. The molecule has 1 fully saturated rings. The van der Waals surface area contributed by atoms with Crippen LogP contribution < -0.4 is 14.4 Å². The van der Waals surface area contributed by atoms with Gasteiger partial charge in [-0.25, -0.2) is 14.8 Å². The molecule has 0 unspecified atom stereocenters. The van der Waals surface area contributed by atoms with E-state index in [-0.39, 0.29) is 12.6 Å². The van der Waals surface area contributed by atoms with Gasteiger partial charge in [0.05, 0.1) is 19.8 Å². The van der Waals surface area contributed by atoms with Crippen LogP contribution in [0.3, 0.4) is 0 Å². The van der Waals surface area contributed by atoms with Crippen molar-refractivity contribution in [3.8, 4) is 22.6 Å². The van der Waals surface area contributed by atoms with Crippen LogP contribution in [0.2, 0.25) is 0 Å². The van der Waals surface area contributed by atoms with Gasteiger partial charge in [-0.2, -0.15) is 0 Å². The Morgan fingerprint density at radius 1 is 1.00 bits per heavy atom. The third-order valence-corrected chi connectivity index (χ3v) is 6.28. The first-order valence-corrected chi connectivity index (χ1v) is 10.5. The van der Waals surface area contributed by atoms with Crippen LogP contribution in [-0.4, -0.2) is 43.2 Å². The second-order valence-corrected chi connectivity index (χ2v) is 8.23. The fourth-order valence-electron chi connectivity index (χ4n) is 4.47. The molecule has 7 heteroatoms. The molecule has 0 saturated carbocycles. The maximum atomic E-state index is 12.6. The molecule has 160 valence electrons. The summed E-state index contributed by atoms with van der Waals surface area (Å²) in [4.78, 5) is 24.1. The van der Waals surface area contributed by atoms with Crippen LogP contribution in [0.1, 0.15) is 35.7 Å². The first-order valence-electron chi connectivity index (χ1n) is 10.5. The van der Waals surface area contributed by atoms with E-state index in [9.17, 15) is 4.79 Å². The number of cyclic esters (lactones) is 1. The highest BCUT2D eigenvalue weighted by Gasteiger charge is 2.29. The number of hydrogen-bond donors (Lipinski definition) is 0. The Labute approximate surface area is 181 Å². The number of fused-ring (bicyclic) bond motifs is 2. The summed E-state index contributed by atoms with van der Waals surface area (Å²) in [6.45, 7) is 4.47. The van der Waals surface area contributed by atoms with Crippen LogP contribution in [0.15, 0.2) is 30.6 Å². The molecular weight excluding hydrogens is 394 g/mol. The molecular formula is C24H25N3O4. The van der Waals surface area contributed by atoms with E-state index in [1.165, 1.54) is 0 Å². The molecule has 0 radical (unpaired) electrons. The van der Waals surface area contributed by atoms with Crippen molar-refractivity contribution in [1.29, 1.82) is 0 Å². The summed E-state index contributed by atoms with van der Waals surface area (Å²) < 4.78 is 16.3. The van der Waals surface area contributed by atoms with Crippen LogP contribution in [0.25, 0.3) is 21.9 Å². The van der Waals surface area contributed by atoms with Crippen molar-refractivity contribution in [3.63, 3.8) is 0 Å². The summed E-state index contributed by atoms with van der Waals surface area (Å²) in [6.07, 6.45) is 5.90. The van der Waals surface area contributed by atoms with Crippen molar-refractivity contribution in [2.45, 2.75) is 26.4 Å². The molecule has 2 aliphatic heterocycles. The normalized spacial score (nSPS) is 16.4. The van der Waals surface area contributed by atoms with Crippen molar-refractivity contribution >= 4 is 22.7 Å². The molecule has 3 aromatic rings. The van der Waals surface area contributed by atoms with Gasteiger partial charge in [-0.15, -0.1) is 0 Å². The summed E-state index contributed by atoms with van der Waals surface area (Å²) in [5.41, 5.74) is 2.98. The van der Waals surface area contributed by atoms with Gasteiger partial charge in [0.1, 0.15) is 6.61 Å². The maximum absolute atomic E-state index is 12.6. The van der Waals surface area contributed by atoms with Gasteiger partial charge in [0, 0.05) is 42.2 Å². The molecule has 2 aliphatic rings. The Kier molecular flexibility index (Phi) is 4.88. The number of methoxy groups -OCH3 is 2. The molecule has 0 bridgehead atoms. The van der Waals surface area contributed by atoms with Crippen molar-refractivity contribution in [2.75, 3.05) is 32.2 Å². The molecule has 0 amide bonds. The zero-order chi connectivity index (χ0) is 21.5. The SMILES string of the molecule is COc1cc2cc3c(c(-c4cnc(N5CCC(C)CC5)nc4)c2cc1OC)C(=O)OC3. The highest BCUT2D eigenvalue weighted by molar-refractivity contribution is 6.11. The molecule has 0 aliphatic carbocycles. The number of carbonyl (C=O) groups is 1. The smallest absolute Gasteiger partial charge is 0.339 e. The Hall–Kier alpha value is -3.35. The highest BCUT2D eigenvalue weighted by atomic mass is 16.5. The molecule has 2 aromatic carbocycles. The predicted octanol–water partition coefficient (Wildman–Crippen LogP) is 4.22. The molecule has 1 saturated heterocycles. The molecule has 31 heavy (non-hydrogen) atoms. The number of rotatable bonds is 4. The minimum Gasteiger partial charge on any atom is -0.493 e. The zero-order valence-corrected chi connectivity index (χ0v) is 18.0. The van der Waals surface area contributed by atoms with E-state index in [0.29, 0.717) is 17.1 Å². The van der Waals surface area contributed by atoms with E-state index in [1.54, 1.807) is 26.6 Å². The average molecular weight is 419 g/mol. The Morgan fingerprint density at radius 2 is 1.68 bits per heavy atom. The van der Waals surface area contributed by atoms with Gasteiger partial charge in [0.25, 0.3) is 0 Å². The van der Waals surface area contributed by atoms with E-state index >= 15 is 0 Å². The number of piperidine rings is 1. The van der Waals surface area contributed by atoms with Crippen molar-refractivity contribution < 1.29 is 19.0 Å². The van der Waals surface area contributed by atoms with Crippen LogP contribution in [-0.2, 0) is 11.3 Å². The van der Waals surface area contributed by atoms with Gasteiger partial charge >= 0.3 is 5.97 Å². The predicted molar refractivity (Wildman–Crippen MR) is 118 cm³/mol. The van der Waals surface area contributed by atoms with Gasteiger partial charge < -0.3 is 19.1 Å². The minimum absolute atomic E-state index is 0.260. The van der Waals surface area contributed by atoms with Crippen LogP contribution in [0.5, 0.6) is 11.5 Å². The van der Waals surface area contributed by atoms with Gasteiger partial charge in [0.2, 0.25) is 5.95 Å². The summed E-state index contributed by atoms with van der Waals surface area (Å²) in [5, 5.41) is 1.82. The number of aromatic nitrogens is 2. The largest absolute Gasteiger partial charge is 0.493 e. The topological polar surface area (TPSA) is 73.8 Å². The Bertz CT molecular complexity index is 1150. The number of benzene rings is 2. The quantitative estimate of drug-likeness (QED) is 0.586. The van der Waals surface area contributed by atoms with E-state index in [1.807, 2.05) is 18.2 Å². The summed E-state index contributed by atoms with van der Waals surface area (Å²) in [7, 11) is 3.21. The summed E-state index contributed by atoms with van der Waals surface area (Å²) in [6, 6.07) is 5.80. The maximum Gasteiger partial charge on any atom is 0.339 e. The summed E-state index contributed by atoms with van der Waals surface area (Å²) >= 11 is 0. The molecule has 1 aromatic heterocycles. The average Bonchev–Trinajstić information content (AvgIpc) is 3.17. The lowest BCUT2D eigenvalue weighted by atomic mass is 9.91. The van der Waals surface area contributed by atoms with Crippen molar-refractivity contribution in [1.82, 2.24) is 9.97 Å². The highest BCUT2D eigenvalue weighted by Crippen LogP contribution is 2.42. The van der Waals surface area contributed by atoms with E-state index in [2.05, 4.69) is 21.8 Å². The first-order chi connectivity index (χ1) is 15.1. The number of nitrogens with zero attached hydrogens (tertiary/aromatic N) is 3. The molecule has 0 N–H and O–H groups in total. The van der Waals surface area contributed by atoms with Gasteiger partial charge in [-0.1, -0.05) is 6.92 Å². The standard InChI is InChI=1S/C24H25N3O4/c1-14-4-6-27(7-5-14)24-25-11-17(12-26-24)21-18-10-20(30-3)19(29-2)9-15(18)8-16-13-31-23(28)22(16)21/h8-12,14H,4-7,13H2,1-3H3. The third kappa shape index (κ3) is 3.34. The zero-order valence-electron chi connectivity index (χ0n) is 18.0. The lowest BCUT2D eigenvalue weighted by Crippen LogP contribution is -2.33. The van der Waals surface area contributed by atoms with Gasteiger partial charge in [0.15, 0.2) is 11.5 Å².